The molecule has 1 aromatic heterocycles. The normalized spacial score (nSPS) is 24.3. The van der Waals surface area contributed by atoms with Gasteiger partial charge in [-0.1, -0.05) is 6.92 Å². The maximum absolute atomic E-state index is 12.9. The van der Waals surface area contributed by atoms with E-state index in [9.17, 15) is 9.50 Å². The highest BCUT2D eigenvalue weighted by molar-refractivity contribution is 5.15. The van der Waals surface area contributed by atoms with Crippen molar-refractivity contribution < 1.29 is 14.2 Å². The summed E-state index contributed by atoms with van der Waals surface area (Å²) in [5.41, 5.74) is -0.467. The fraction of sp³-hybridized carbons (Fsp3) is 0.615. The molecule has 1 N–H and O–H groups in total. The zero-order valence-electron chi connectivity index (χ0n) is 10.0. The number of hydrogen-bond acceptors (Lipinski definition) is 3. The lowest BCUT2D eigenvalue weighted by atomic mass is 9.79. The van der Waals surface area contributed by atoms with Crippen molar-refractivity contribution in [1.82, 2.24) is 4.98 Å². The Hall–Kier alpha value is -1.00. The van der Waals surface area contributed by atoms with Gasteiger partial charge in [-0.3, -0.25) is 4.98 Å². The van der Waals surface area contributed by atoms with Gasteiger partial charge < -0.3 is 9.84 Å². The van der Waals surface area contributed by atoms with Gasteiger partial charge in [0.25, 0.3) is 0 Å². The molecule has 2 unspecified atom stereocenters. The van der Waals surface area contributed by atoms with Crippen LogP contribution in [-0.4, -0.2) is 23.3 Å². The van der Waals surface area contributed by atoms with Crippen LogP contribution in [0.2, 0.25) is 0 Å². The number of rotatable bonds is 3. The molecule has 0 spiro atoms. The molecule has 2 atom stereocenters. The van der Waals surface area contributed by atoms with E-state index in [1.807, 2.05) is 6.92 Å². The molecule has 4 heteroatoms. The summed E-state index contributed by atoms with van der Waals surface area (Å²) in [7, 11) is 0. The van der Waals surface area contributed by atoms with Crippen molar-refractivity contribution >= 4 is 0 Å². The average Bonchev–Trinajstić information content (AvgIpc) is 2.40. The number of halogens is 1. The van der Waals surface area contributed by atoms with Gasteiger partial charge in [-0.05, 0) is 31.4 Å². The number of ether oxygens (including phenoxy) is 1. The summed E-state index contributed by atoms with van der Waals surface area (Å²) >= 11 is 0. The first-order valence-electron chi connectivity index (χ1n) is 6.09. The number of aromatic nitrogens is 1. The molecule has 2 heterocycles. The molecule has 0 amide bonds. The highest BCUT2D eigenvalue weighted by Gasteiger charge is 2.39. The quantitative estimate of drug-likeness (QED) is 0.879. The van der Waals surface area contributed by atoms with Crippen LogP contribution in [0.15, 0.2) is 18.3 Å². The van der Waals surface area contributed by atoms with Crippen molar-refractivity contribution in [3.05, 3.63) is 29.8 Å². The Balaban J connectivity index is 2.25. The topological polar surface area (TPSA) is 42.4 Å². The fourth-order valence-corrected chi connectivity index (χ4v) is 2.43. The van der Waals surface area contributed by atoms with Gasteiger partial charge in [-0.15, -0.1) is 0 Å². The molecule has 0 aliphatic carbocycles. The van der Waals surface area contributed by atoms with Crippen molar-refractivity contribution in [2.45, 2.75) is 31.8 Å². The van der Waals surface area contributed by atoms with Crippen LogP contribution in [0.4, 0.5) is 4.39 Å². The Labute approximate surface area is 101 Å². The van der Waals surface area contributed by atoms with Gasteiger partial charge >= 0.3 is 0 Å². The van der Waals surface area contributed by atoms with E-state index in [1.54, 1.807) is 6.07 Å². The average molecular weight is 239 g/mol. The summed E-state index contributed by atoms with van der Waals surface area (Å²) in [4.78, 5) is 4.02. The number of nitrogens with zero attached hydrogens (tertiary/aromatic N) is 1. The summed E-state index contributed by atoms with van der Waals surface area (Å²) in [5, 5.41) is 10.7. The van der Waals surface area contributed by atoms with Gasteiger partial charge in [0.15, 0.2) is 0 Å². The second kappa shape index (κ2) is 5.10. The van der Waals surface area contributed by atoms with Crippen LogP contribution in [0.5, 0.6) is 0 Å². The first kappa shape index (κ1) is 12.5. The smallest absolute Gasteiger partial charge is 0.141 e. The predicted molar refractivity (Wildman–Crippen MR) is 61.9 cm³/mol. The molecule has 1 aliphatic rings. The predicted octanol–water partition coefficient (Wildman–Crippen LogP) is 2.24. The standard InChI is InChI=1S/C13H18FNO2/c1-2-13(16,10-4-3-7-17-9-10)12-6-5-11(14)8-15-12/h5-6,8,10,16H,2-4,7,9H2,1H3. The molecule has 1 aromatic rings. The Bertz CT molecular complexity index is 362. The zero-order valence-corrected chi connectivity index (χ0v) is 10.0. The van der Waals surface area contributed by atoms with Crippen molar-refractivity contribution in [2.75, 3.05) is 13.2 Å². The van der Waals surface area contributed by atoms with Gasteiger partial charge in [0.2, 0.25) is 0 Å². The lowest BCUT2D eigenvalue weighted by Gasteiger charge is -2.37. The van der Waals surface area contributed by atoms with Crippen LogP contribution in [0.3, 0.4) is 0 Å². The molecule has 0 aromatic carbocycles. The highest BCUT2D eigenvalue weighted by Crippen LogP contribution is 2.36. The molecule has 1 saturated heterocycles. The van der Waals surface area contributed by atoms with Gasteiger partial charge in [0, 0.05) is 12.5 Å². The van der Waals surface area contributed by atoms with Crippen LogP contribution < -0.4 is 0 Å². The van der Waals surface area contributed by atoms with Crippen LogP contribution >= 0.6 is 0 Å². The van der Waals surface area contributed by atoms with Gasteiger partial charge in [0.1, 0.15) is 11.4 Å². The minimum absolute atomic E-state index is 0.0409. The van der Waals surface area contributed by atoms with E-state index < -0.39 is 5.60 Å². The van der Waals surface area contributed by atoms with E-state index in [0.717, 1.165) is 25.6 Å². The van der Waals surface area contributed by atoms with Crippen LogP contribution in [0, 0.1) is 11.7 Å². The molecule has 0 radical (unpaired) electrons. The molecule has 2 rings (SSSR count). The van der Waals surface area contributed by atoms with Crippen LogP contribution in [0.1, 0.15) is 31.9 Å². The van der Waals surface area contributed by atoms with Crippen molar-refractivity contribution in [1.29, 1.82) is 0 Å². The van der Waals surface area contributed by atoms with E-state index in [1.165, 1.54) is 6.07 Å². The monoisotopic (exact) mass is 239 g/mol. The second-order valence-corrected chi connectivity index (χ2v) is 4.55. The van der Waals surface area contributed by atoms with Gasteiger partial charge in [0.05, 0.1) is 18.5 Å². The van der Waals surface area contributed by atoms with Crippen molar-refractivity contribution in [3.8, 4) is 0 Å². The second-order valence-electron chi connectivity index (χ2n) is 4.55. The van der Waals surface area contributed by atoms with E-state index in [-0.39, 0.29) is 11.7 Å². The Morgan fingerprint density at radius 2 is 2.41 bits per heavy atom. The molecule has 0 saturated carbocycles. The maximum Gasteiger partial charge on any atom is 0.141 e. The third kappa shape index (κ3) is 2.48. The molecule has 1 fully saturated rings. The minimum Gasteiger partial charge on any atom is -0.383 e. The number of hydrogen-bond donors (Lipinski definition) is 1. The lowest BCUT2D eigenvalue weighted by Crippen LogP contribution is -2.40. The molecule has 0 bridgehead atoms. The summed E-state index contributed by atoms with van der Waals surface area (Å²) < 4.78 is 18.3. The fourth-order valence-electron chi connectivity index (χ4n) is 2.43. The summed E-state index contributed by atoms with van der Waals surface area (Å²) in [5.74, 6) is -0.341. The molecule has 17 heavy (non-hydrogen) atoms. The van der Waals surface area contributed by atoms with E-state index >= 15 is 0 Å². The summed E-state index contributed by atoms with van der Waals surface area (Å²) in [6, 6.07) is 2.90. The molecule has 1 aliphatic heterocycles. The van der Waals surface area contributed by atoms with Gasteiger partial charge in [-0.2, -0.15) is 0 Å². The number of pyridine rings is 1. The highest BCUT2D eigenvalue weighted by atomic mass is 19.1. The summed E-state index contributed by atoms with van der Waals surface area (Å²) in [6.07, 6.45) is 3.58. The maximum atomic E-state index is 12.9. The van der Waals surface area contributed by atoms with Crippen LogP contribution in [-0.2, 0) is 10.3 Å². The lowest BCUT2D eigenvalue weighted by molar-refractivity contribution is -0.0890. The van der Waals surface area contributed by atoms with Gasteiger partial charge in [-0.25, -0.2) is 4.39 Å². The molecular weight excluding hydrogens is 221 g/mol. The van der Waals surface area contributed by atoms with Crippen molar-refractivity contribution in [3.63, 3.8) is 0 Å². The largest absolute Gasteiger partial charge is 0.383 e. The molecular formula is C13H18FNO2. The SMILES string of the molecule is CCC(O)(c1ccc(F)cn1)C1CCCOC1. The van der Waals surface area contributed by atoms with E-state index in [0.29, 0.717) is 18.7 Å². The molecule has 94 valence electrons. The first-order valence-corrected chi connectivity index (χ1v) is 6.09. The Morgan fingerprint density at radius 3 is 2.94 bits per heavy atom. The Morgan fingerprint density at radius 1 is 1.59 bits per heavy atom. The number of aliphatic hydroxyl groups is 1. The van der Waals surface area contributed by atoms with E-state index in [4.69, 9.17) is 4.74 Å². The van der Waals surface area contributed by atoms with Crippen molar-refractivity contribution in [2.24, 2.45) is 5.92 Å². The van der Waals surface area contributed by atoms with E-state index in [2.05, 4.69) is 4.98 Å². The first-order chi connectivity index (χ1) is 8.16. The molecule has 3 nitrogen and oxygen atoms in total. The Kier molecular flexibility index (Phi) is 3.74. The van der Waals surface area contributed by atoms with Crippen LogP contribution in [0.25, 0.3) is 0 Å². The third-order valence-electron chi connectivity index (χ3n) is 3.55. The minimum atomic E-state index is -1.01. The zero-order chi connectivity index (χ0) is 12.3. The third-order valence-corrected chi connectivity index (χ3v) is 3.55. The summed E-state index contributed by atoms with van der Waals surface area (Å²) in [6.45, 7) is 3.22.